The largest absolute Gasteiger partial charge is 0.372 e. The highest BCUT2D eigenvalue weighted by Crippen LogP contribution is 2.43. The Morgan fingerprint density at radius 1 is 1.20 bits per heavy atom. The number of ether oxygens (including phenoxy) is 1. The molecule has 0 aromatic heterocycles. The van der Waals surface area contributed by atoms with Gasteiger partial charge >= 0.3 is 0 Å². The van der Waals surface area contributed by atoms with Crippen molar-refractivity contribution in [3.8, 4) is 0 Å². The van der Waals surface area contributed by atoms with E-state index >= 15 is 0 Å². The van der Waals surface area contributed by atoms with Crippen molar-refractivity contribution in [3.05, 3.63) is 0 Å². The van der Waals surface area contributed by atoms with E-state index in [0.717, 1.165) is 5.75 Å². The fraction of sp³-hybridized carbons (Fsp3) is 1.00. The average Bonchev–Trinajstić information content (AvgIpc) is 2.52. The Kier molecular flexibility index (Phi) is 2.74. The minimum atomic E-state index is 0.542. The van der Waals surface area contributed by atoms with Crippen LogP contribution in [0.5, 0.6) is 0 Å². The predicted octanol–water partition coefficient (Wildman–Crippen LogP) is 1.95. The summed E-state index contributed by atoms with van der Waals surface area (Å²) in [5, 5.41) is 0. The molecule has 2 saturated heterocycles. The molecule has 0 N–H and O–H groups in total. The fourth-order valence-electron chi connectivity index (χ4n) is 3.35. The number of hydrogen-bond acceptors (Lipinski definition) is 3. The third kappa shape index (κ3) is 1.94. The first-order chi connectivity index (χ1) is 7.30. The molecule has 3 aliphatic rings. The van der Waals surface area contributed by atoms with Gasteiger partial charge in [-0.05, 0) is 36.9 Å². The Hall–Kier alpha value is 0.270. The molecule has 2 atom stereocenters. The molecule has 3 fully saturated rings. The Morgan fingerprint density at radius 3 is 2.33 bits per heavy atom. The van der Waals surface area contributed by atoms with Crippen LogP contribution in [0.25, 0.3) is 0 Å². The minimum Gasteiger partial charge on any atom is -0.372 e. The topological polar surface area (TPSA) is 12.5 Å². The molecule has 2 nitrogen and oxygen atoms in total. The van der Waals surface area contributed by atoms with Crippen LogP contribution in [0.4, 0.5) is 0 Å². The molecule has 3 rings (SSSR count). The first-order valence-electron chi connectivity index (χ1n) is 6.28. The normalized spacial score (nSPS) is 39.0. The van der Waals surface area contributed by atoms with Gasteiger partial charge in [-0.15, -0.1) is 0 Å². The van der Waals surface area contributed by atoms with Crippen molar-refractivity contribution in [2.75, 3.05) is 25.4 Å². The zero-order chi connectivity index (χ0) is 10.3. The molecule has 2 bridgehead atoms. The molecule has 0 amide bonds. The number of nitrogens with zero attached hydrogens (tertiary/aromatic N) is 1. The van der Waals surface area contributed by atoms with E-state index in [4.69, 9.17) is 4.74 Å². The lowest BCUT2D eigenvalue weighted by molar-refractivity contribution is -0.0563. The maximum absolute atomic E-state index is 5.87. The van der Waals surface area contributed by atoms with Gasteiger partial charge in [-0.1, -0.05) is 6.42 Å². The van der Waals surface area contributed by atoms with Crippen LogP contribution in [0.3, 0.4) is 0 Å². The van der Waals surface area contributed by atoms with Crippen LogP contribution in [0.15, 0.2) is 0 Å². The second-order valence-electron chi connectivity index (χ2n) is 5.66. The number of hydrogen-bond donors (Lipinski definition) is 1. The Labute approximate surface area is 97.8 Å². The van der Waals surface area contributed by atoms with Gasteiger partial charge in [0.2, 0.25) is 0 Å². The highest BCUT2D eigenvalue weighted by molar-refractivity contribution is 7.80. The lowest BCUT2D eigenvalue weighted by Crippen LogP contribution is -2.50. The van der Waals surface area contributed by atoms with Crippen LogP contribution in [-0.2, 0) is 4.74 Å². The molecule has 2 unspecified atom stereocenters. The summed E-state index contributed by atoms with van der Waals surface area (Å²) in [6.45, 7) is 3.62. The second kappa shape index (κ2) is 3.94. The number of rotatable bonds is 3. The van der Waals surface area contributed by atoms with Crippen molar-refractivity contribution in [2.45, 2.75) is 44.3 Å². The van der Waals surface area contributed by atoms with Gasteiger partial charge in [-0.25, -0.2) is 0 Å². The van der Waals surface area contributed by atoms with E-state index in [0.29, 0.717) is 17.6 Å². The van der Waals surface area contributed by atoms with Crippen LogP contribution >= 0.6 is 12.6 Å². The molecule has 86 valence electrons. The molecule has 1 saturated carbocycles. The van der Waals surface area contributed by atoms with E-state index in [9.17, 15) is 0 Å². The predicted molar refractivity (Wildman–Crippen MR) is 64.5 cm³/mol. The Morgan fingerprint density at radius 2 is 1.87 bits per heavy atom. The molecule has 2 heterocycles. The molecule has 0 radical (unpaired) electrons. The van der Waals surface area contributed by atoms with Gasteiger partial charge in [0, 0.05) is 19.6 Å². The summed E-state index contributed by atoms with van der Waals surface area (Å²) in [7, 11) is 0. The standard InChI is InChI=1S/C12H21NOS/c15-9-12(4-1-5-12)8-13-6-10-2-3-11(7-13)14-10/h10-11,15H,1-9H2. The zero-order valence-electron chi connectivity index (χ0n) is 9.32. The molecule has 2 aliphatic heterocycles. The minimum absolute atomic E-state index is 0.542. The summed E-state index contributed by atoms with van der Waals surface area (Å²) >= 11 is 4.53. The van der Waals surface area contributed by atoms with Gasteiger partial charge in [-0.3, -0.25) is 4.90 Å². The van der Waals surface area contributed by atoms with E-state index in [1.165, 1.54) is 51.7 Å². The van der Waals surface area contributed by atoms with E-state index in [1.54, 1.807) is 0 Å². The van der Waals surface area contributed by atoms with Gasteiger partial charge in [0.1, 0.15) is 0 Å². The van der Waals surface area contributed by atoms with E-state index < -0.39 is 0 Å². The molecule has 0 spiro atoms. The van der Waals surface area contributed by atoms with Crippen molar-refractivity contribution in [3.63, 3.8) is 0 Å². The summed E-state index contributed by atoms with van der Waals surface area (Å²) in [6, 6.07) is 0. The summed E-state index contributed by atoms with van der Waals surface area (Å²) < 4.78 is 5.87. The van der Waals surface area contributed by atoms with Gasteiger partial charge in [-0.2, -0.15) is 12.6 Å². The quantitative estimate of drug-likeness (QED) is 0.740. The van der Waals surface area contributed by atoms with Crippen molar-refractivity contribution in [2.24, 2.45) is 5.41 Å². The van der Waals surface area contributed by atoms with Crippen molar-refractivity contribution < 1.29 is 4.74 Å². The molecule has 1 aliphatic carbocycles. The zero-order valence-corrected chi connectivity index (χ0v) is 10.2. The summed E-state index contributed by atoms with van der Waals surface area (Å²) in [4.78, 5) is 2.64. The average molecular weight is 227 g/mol. The van der Waals surface area contributed by atoms with E-state index in [2.05, 4.69) is 17.5 Å². The first kappa shape index (κ1) is 10.4. The highest BCUT2D eigenvalue weighted by Gasteiger charge is 2.41. The van der Waals surface area contributed by atoms with Crippen LogP contribution in [0, 0.1) is 5.41 Å². The monoisotopic (exact) mass is 227 g/mol. The molecule has 3 heteroatoms. The Balaban J connectivity index is 1.59. The third-order valence-electron chi connectivity index (χ3n) is 4.43. The van der Waals surface area contributed by atoms with Gasteiger partial charge < -0.3 is 4.74 Å². The van der Waals surface area contributed by atoms with E-state index in [1.807, 2.05) is 0 Å². The summed E-state index contributed by atoms with van der Waals surface area (Å²) in [5.74, 6) is 1.07. The first-order valence-corrected chi connectivity index (χ1v) is 6.92. The maximum atomic E-state index is 5.87. The molecule has 0 aromatic carbocycles. The van der Waals surface area contributed by atoms with E-state index in [-0.39, 0.29) is 0 Å². The smallest absolute Gasteiger partial charge is 0.0707 e. The van der Waals surface area contributed by atoms with Crippen molar-refractivity contribution >= 4 is 12.6 Å². The highest BCUT2D eigenvalue weighted by atomic mass is 32.1. The molecular formula is C12H21NOS. The number of fused-ring (bicyclic) bond motifs is 2. The summed E-state index contributed by atoms with van der Waals surface area (Å²) in [5.41, 5.74) is 0.555. The lowest BCUT2D eigenvalue weighted by Gasteiger charge is -2.46. The SMILES string of the molecule is SCC1(CN2CC3CCC(C2)O3)CCC1. The fourth-order valence-corrected chi connectivity index (χ4v) is 3.76. The van der Waals surface area contributed by atoms with Gasteiger partial charge in [0.15, 0.2) is 0 Å². The third-order valence-corrected chi connectivity index (χ3v) is 5.10. The number of thiol groups is 1. The lowest BCUT2D eigenvalue weighted by atomic mass is 9.70. The molecule has 15 heavy (non-hydrogen) atoms. The van der Waals surface area contributed by atoms with Crippen LogP contribution in [0.1, 0.15) is 32.1 Å². The Bertz CT molecular complexity index is 224. The van der Waals surface area contributed by atoms with Crippen molar-refractivity contribution in [1.82, 2.24) is 4.90 Å². The number of likely N-dealkylation sites (tertiary alicyclic amines) is 1. The van der Waals surface area contributed by atoms with Gasteiger partial charge in [0.25, 0.3) is 0 Å². The molecule has 0 aromatic rings. The van der Waals surface area contributed by atoms with Crippen LogP contribution < -0.4 is 0 Å². The van der Waals surface area contributed by atoms with Crippen molar-refractivity contribution in [1.29, 1.82) is 0 Å². The second-order valence-corrected chi connectivity index (χ2v) is 5.98. The van der Waals surface area contributed by atoms with Crippen LogP contribution in [-0.4, -0.2) is 42.5 Å². The number of morpholine rings is 1. The van der Waals surface area contributed by atoms with Crippen LogP contribution in [0.2, 0.25) is 0 Å². The molecular weight excluding hydrogens is 206 g/mol. The maximum Gasteiger partial charge on any atom is 0.0707 e. The summed E-state index contributed by atoms with van der Waals surface area (Å²) in [6.07, 6.45) is 7.86. The van der Waals surface area contributed by atoms with Gasteiger partial charge in [0.05, 0.1) is 12.2 Å².